The van der Waals surface area contributed by atoms with Crippen LogP contribution in [0.2, 0.25) is 10.0 Å². The van der Waals surface area contributed by atoms with Gasteiger partial charge in [-0.1, -0.05) is 29.3 Å². The lowest BCUT2D eigenvalue weighted by Gasteiger charge is -2.12. The molecule has 0 N–H and O–H groups in total. The number of hydrogen-bond acceptors (Lipinski definition) is 5. The molecule has 26 heavy (non-hydrogen) atoms. The molecule has 1 atom stereocenters. The predicted molar refractivity (Wildman–Crippen MR) is 97.9 cm³/mol. The highest BCUT2D eigenvalue weighted by Crippen LogP contribution is 2.35. The Hall–Kier alpha value is -2.50. The van der Waals surface area contributed by atoms with Gasteiger partial charge in [0.05, 0.1) is 22.7 Å². The zero-order valence-electron chi connectivity index (χ0n) is 13.9. The topological polar surface area (TPSA) is 61.8 Å². The summed E-state index contributed by atoms with van der Waals surface area (Å²) in [6.07, 6.45) is 0.809. The van der Waals surface area contributed by atoms with Crippen LogP contribution in [-0.4, -0.2) is 25.0 Å². The minimum atomic E-state index is -0.777. The van der Waals surface area contributed by atoms with Crippen molar-refractivity contribution in [3.8, 4) is 11.5 Å². The lowest BCUT2D eigenvalue weighted by atomic mass is 10.1. The lowest BCUT2D eigenvalue weighted by Crippen LogP contribution is -2.24. The Morgan fingerprint density at radius 3 is 2.62 bits per heavy atom. The first-order valence-electron chi connectivity index (χ1n) is 7.67. The molecule has 0 spiro atoms. The SMILES string of the molecule is COC(=O)[C@H](C)Oc1ccc2c(c1)OC(=Cc1ccc(Cl)c(Cl)c1)C2=O. The van der Waals surface area contributed by atoms with Gasteiger partial charge >= 0.3 is 5.97 Å². The van der Waals surface area contributed by atoms with Gasteiger partial charge in [0, 0.05) is 6.07 Å². The standard InChI is InChI=1S/C19H14Cl2O5/c1-10(19(23)24-2)25-12-4-5-13-16(9-12)26-17(18(13)22)8-11-3-6-14(20)15(21)7-11/h3-10H,1-2H3/t10-/m0/s1. The van der Waals surface area contributed by atoms with Crippen molar-refractivity contribution >= 4 is 41.0 Å². The molecule has 0 aromatic heterocycles. The molecule has 1 aliphatic heterocycles. The summed E-state index contributed by atoms with van der Waals surface area (Å²) in [4.78, 5) is 23.9. The van der Waals surface area contributed by atoms with Gasteiger partial charge in [0.25, 0.3) is 0 Å². The normalized spacial score (nSPS) is 15.4. The van der Waals surface area contributed by atoms with E-state index < -0.39 is 12.1 Å². The van der Waals surface area contributed by atoms with E-state index in [0.29, 0.717) is 32.7 Å². The smallest absolute Gasteiger partial charge is 0.346 e. The molecule has 5 nitrogen and oxygen atoms in total. The first-order chi connectivity index (χ1) is 12.4. The number of allylic oxidation sites excluding steroid dienone is 1. The van der Waals surface area contributed by atoms with Crippen LogP contribution < -0.4 is 9.47 Å². The van der Waals surface area contributed by atoms with Crippen molar-refractivity contribution in [2.24, 2.45) is 0 Å². The molecule has 0 fully saturated rings. The number of methoxy groups -OCH3 is 1. The van der Waals surface area contributed by atoms with E-state index in [2.05, 4.69) is 4.74 Å². The van der Waals surface area contributed by atoms with Gasteiger partial charge < -0.3 is 14.2 Å². The minimum Gasteiger partial charge on any atom is -0.479 e. The van der Waals surface area contributed by atoms with Gasteiger partial charge in [0.15, 0.2) is 11.9 Å². The summed E-state index contributed by atoms with van der Waals surface area (Å²) in [5.41, 5.74) is 1.10. The summed E-state index contributed by atoms with van der Waals surface area (Å²) in [6.45, 7) is 1.57. The van der Waals surface area contributed by atoms with Crippen LogP contribution in [0.15, 0.2) is 42.2 Å². The van der Waals surface area contributed by atoms with Gasteiger partial charge in [-0.05, 0) is 42.8 Å². The molecular weight excluding hydrogens is 379 g/mol. The van der Waals surface area contributed by atoms with E-state index in [1.54, 1.807) is 49.4 Å². The number of halogens is 2. The quantitative estimate of drug-likeness (QED) is 0.564. The average molecular weight is 393 g/mol. The number of hydrogen-bond donors (Lipinski definition) is 0. The summed E-state index contributed by atoms with van der Waals surface area (Å²) in [6, 6.07) is 9.76. The molecule has 0 unspecified atom stereocenters. The Balaban J connectivity index is 1.83. The lowest BCUT2D eigenvalue weighted by molar-refractivity contribution is -0.147. The molecule has 2 aromatic carbocycles. The molecule has 0 amide bonds. The van der Waals surface area contributed by atoms with Crippen molar-refractivity contribution in [1.29, 1.82) is 0 Å². The van der Waals surface area contributed by atoms with E-state index in [-0.39, 0.29) is 11.5 Å². The van der Waals surface area contributed by atoms with Crippen molar-refractivity contribution in [3.63, 3.8) is 0 Å². The van der Waals surface area contributed by atoms with Crippen molar-refractivity contribution in [1.82, 2.24) is 0 Å². The number of ketones is 1. The zero-order chi connectivity index (χ0) is 18.8. The highest BCUT2D eigenvalue weighted by Gasteiger charge is 2.28. The van der Waals surface area contributed by atoms with Crippen LogP contribution in [0.1, 0.15) is 22.8 Å². The van der Waals surface area contributed by atoms with Crippen LogP contribution in [0.5, 0.6) is 11.5 Å². The molecular formula is C19H14Cl2O5. The maximum absolute atomic E-state index is 12.5. The van der Waals surface area contributed by atoms with Crippen LogP contribution in [0.25, 0.3) is 6.08 Å². The Labute approximate surface area is 160 Å². The number of Topliss-reactive ketones (excluding diaryl/α,β-unsaturated/α-hetero) is 1. The van der Waals surface area contributed by atoms with E-state index in [1.807, 2.05) is 0 Å². The predicted octanol–water partition coefficient (Wildman–Crippen LogP) is 4.55. The third-order valence-electron chi connectivity index (χ3n) is 3.73. The molecule has 3 rings (SSSR count). The molecule has 1 heterocycles. The largest absolute Gasteiger partial charge is 0.479 e. The first-order valence-corrected chi connectivity index (χ1v) is 8.42. The summed E-state index contributed by atoms with van der Waals surface area (Å²) >= 11 is 11.9. The molecule has 0 saturated carbocycles. The highest BCUT2D eigenvalue weighted by molar-refractivity contribution is 6.42. The third-order valence-corrected chi connectivity index (χ3v) is 4.47. The van der Waals surface area contributed by atoms with E-state index in [0.717, 1.165) is 0 Å². The molecule has 0 aliphatic carbocycles. The van der Waals surface area contributed by atoms with Gasteiger partial charge in [0.2, 0.25) is 5.78 Å². The number of rotatable bonds is 4. The zero-order valence-corrected chi connectivity index (χ0v) is 15.4. The van der Waals surface area contributed by atoms with Gasteiger partial charge in [-0.3, -0.25) is 4.79 Å². The van der Waals surface area contributed by atoms with Gasteiger partial charge in [-0.25, -0.2) is 4.79 Å². The third kappa shape index (κ3) is 3.69. The molecule has 7 heteroatoms. The summed E-state index contributed by atoms with van der Waals surface area (Å²) < 4.78 is 15.8. The fourth-order valence-electron chi connectivity index (χ4n) is 2.41. The van der Waals surface area contributed by atoms with Crippen LogP contribution >= 0.6 is 23.2 Å². The van der Waals surface area contributed by atoms with Gasteiger partial charge in [-0.2, -0.15) is 0 Å². The van der Waals surface area contributed by atoms with E-state index in [9.17, 15) is 9.59 Å². The number of esters is 1. The van der Waals surface area contributed by atoms with Crippen LogP contribution in [0.4, 0.5) is 0 Å². The molecule has 0 saturated heterocycles. The van der Waals surface area contributed by atoms with Crippen LogP contribution in [-0.2, 0) is 9.53 Å². The average Bonchev–Trinajstić information content (AvgIpc) is 2.92. The van der Waals surface area contributed by atoms with Crippen molar-refractivity contribution in [3.05, 3.63) is 63.3 Å². The molecule has 134 valence electrons. The molecule has 0 bridgehead atoms. The number of carbonyl (C=O) groups excluding carboxylic acids is 2. The maximum Gasteiger partial charge on any atom is 0.346 e. The summed E-state index contributed by atoms with van der Waals surface area (Å²) in [5.74, 6) is 0.166. The van der Waals surface area contributed by atoms with E-state index in [4.69, 9.17) is 32.7 Å². The van der Waals surface area contributed by atoms with Crippen molar-refractivity contribution in [2.75, 3.05) is 7.11 Å². The fourth-order valence-corrected chi connectivity index (χ4v) is 2.72. The van der Waals surface area contributed by atoms with E-state index >= 15 is 0 Å². The van der Waals surface area contributed by atoms with Crippen molar-refractivity contribution < 1.29 is 23.8 Å². The van der Waals surface area contributed by atoms with E-state index in [1.165, 1.54) is 7.11 Å². The molecule has 0 radical (unpaired) electrons. The second kappa shape index (κ2) is 7.40. The summed E-state index contributed by atoms with van der Waals surface area (Å²) in [5, 5.41) is 0.814. The number of carbonyl (C=O) groups is 2. The fraction of sp³-hybridized carbons (Fsp3) is 0.158. The maximum atomic E-state index is 12.5. The highest BCUT2D eigenvalue weighted by atomic mass is 35.5. The number of fused-ring (bicyclic) bond motifs is 1. The second-order valence-corrected chi connectivity index (χ2v) is 6.37. The Morgan fingerprint density at radius 1 is 1.15 bits per heavy atom. The van der Waals surface area contributed by atoms with Crippen molar-refractivity contribution in [2.45, 2.75) is 13.0 Å². The van der Waals surface area contributed by atoms with Crippen LogP contribution in [0, 0.1) is 0 Å². The second-order valence-electron chi connectivity index (χ2n) is 5.55. The molecule has 1 aliphatic rings. The summed E-state index contributed by atoms with van der Waals surface area (Å²) in [7, 11) is 1.28. The monoisotopic (exact) mass is 392 g/mol. The Kier molecular flexibility index (Phi) is 5.20. The van der Waals surface area contributed by atoms with Gasteiger partial charge in [0.1, 0.15) is 11.5 Å². The number of benzene rings is 2. The first kappa shape index (κ1) is 18.3. The van der Waals surface area contributed by atoms with Crippen LogP contribution in [0.3, 0.4) is 0 Å². The number of ether oxygens (including phenoxy) is 3. The Bertz CT molecular complexity index is 920. The molecule has 2 aromatic rings. The van der Waals surface area contributed by atoms with Gasteiger partial charge in [-0.15, -0.1) is 0 Å². The minimum absolute atomic E-state index is 0.163. The Morgan fingerprint density at radius 2 is 1.92 bits per heavy atom.